The van der Waals surface area contributed by atoms with Gasteiger partial charge < -0.3 is 9.30 Å². The fourth-order valence-electron chi connectivity index (χ4n) is 3.99. The Morgan fingerprint density at radius 3 is 2.12 bits per heavy atom. The van der Waals surface area contributed by atoms with Gasteiger partial charge in [0.1, 0.15) is 17.4 Å². The summed E-state index contributed by atoms with van der Waals surface area (Å²) < 4.78 is 7.47. The molecule has 0 saturated carbocycles. The van der Waals surface area contributed by atoms with Crippen molar-refractivity contribution in [1.82, 2.24) is 4.57 Å². The number of aromatic nitrogens is 1. The van der Waals surface area contributed by atoms with Crippen molar-refractivity contribution >= 4 is 12.0 Å². The molecule has 0 spiro atoms. The van der Waals surface area contributed by atoms with E-state index in [1.54, 1.807) is 7.11 Å². The predicted molar refractivity (Wildman–Crippen MR) is 135 cm³/mol. The van der Waals surface area contributed by atoms with E-state index in [2.05, 4.69) is 41.8 Å². The SMILES string of the molecule is CCCCn1c(N=Cc2ccc(OC)cc2)c(C#N)c(-c2ccccc2)c1-c1ccccc1. The van der Waals surface area contributed by atoms with E-state index in [4.69, 9.17) is 9.73 Å². The molecule has 3 aromatic carbocycles. The van der Waals surface area contributed by atoms with Gasteiger partial charge >= 0.3 is 0 Å². The zero-order valence-corrected chi connectivity index (χ0v) is 19.0. The first-order valence-electron chi connectivity index (χ1n) is 11.2. The standard InChI is InChI=1S/C29H27N3O/c1-3-4-19-32-28(24-13-9-6-10-14-24)27(23-11-7-5-8-12-23)26(20-30)29(32)31-21-22-15-17-25(33-2)18-16-22/h5-18,21H,3-4,19H2,1-2H3. The summed E-state index contributed by atoms with van der Waals surface area (Å²) in [6.07, 6.45) is 3.87. The predicted octanol–water partition coefficient (Wildman–Crippen LogP) is 7.25. The molecule has 0 aliphatic carbocycles. The van der Waals surface area contributed by atoms with Crippen molar-refractivity contribution in [2.75, 3.05) is 7.11 Å². The molecule has 0 unspecified atom stereocenters. The zero-order chi connectivity index (χ0) is 23.0. The first-order valence-corrected chi connectivity index (χ1v) is 11.2. The molecule has 1 heterocycles. The molecular formula is C29H27N3O. The highest BCUT2D eigenvalue weighted by Crippen LogP contribution is 2.42. The lowest BCUT2D eigenvalue weighted by Gasteiger charge is -2.13. The molecular weight excluding hydrogens is 406 g/mol. The number of nitriles is 1. The minimum Gasteiger partial charge on any atom is -0.497 e. The monoisotopic (exact) mass is 433 g/mol. The smallest absolute Gasteiger partial charge is 0.151 e. The van der Waals surface area contributed by atoms with E-state index < -0.39 is 0 Å². The highest BCUT2D eigenvalue weighted by molar-refractivity contribution is 5.92. The van der Waals surface area contributed by atoms with Crippen molar-refractivity contribution in [3.8, 4) is 34.2 Å². The molecule has 0 atom stereocenters. The fraction of sp³-hybridized carbons (Fsp3) is 0.172. The van der Waals surface area contributed by atoms with Crippen LogP contribution in [0.5, 0.6) is 5.75 Å². The van der Waals surface area contributed by atoms with Gasteiger partial charge in [-0.25, -0.2) is 4.99 Å². The van der Waals surface area contributed by atoms with Crippen LogP contribution in [0.3, 0.4) is 0 Å². The number of methoxy groups -OCH3 is 1. The third kappa shape index (κ3) is 4.73. The van der Waals surface area contributed by atoms with E-state index in [1.807, 2.05) is 66.9 Å². The maximum Gasteiger partial charge on any atom is 0.151 e. The summed E-state index contributed by atoms with van der Waals surface area (Å²) >= 11 is 0. The number of aliphatic imine (C=N–C) groups is 1. The second kappa shape index (κ2) is 10.5. The Morgan fingerprint density at radius 1 is 0.909 bits per heavy atom. The van der Waals surface area contributed by atoms with Gasteiger partial charge in [0.15, 0.2) is 5.82 Å². The van der Waals surface area contributed by atoms with Crippen LogP contribution in [0.4, 0.5) is 5.82 Å². The summed E-state index contributed by atoms with van der Waals surface area (Å²) in [5.41, 5.74) is 5.61. The molecule has 0 aliphatic rings. The van der Waals surface area contributed by atoms with Crippen LogP contribution >= 0.6 is 0 Å². The average molecular weight is 434 g/mol. The molecule has 4 heteroatoms. The number of hydrogen-bond donors (Lipinski definition) is 0. The molecule has 0 radical (unpaired) electrons. The highest BCUT2D eigenvalue weighted by atomic mass is 16.5. The van der Waals surface area contributed by atoms with Crippen LogP contribution in [0, 0.1) is 11.3 Å². The second-order valence-corrected chi connectivity index (χ2v) is 7.80. The van der Waals surface area contributed by atoms with Gasteiger partial charge in [-0.05, 0) is 47.4 Å². The topological polar surface area (TPSA) is 50.3 Å². The number of hydrogen-bond acceptors (Lipinski definition) is 3. The molecule has 0 N–H and O–H groups in total. The number of nitrogens with zero attached hydrogens (tertiary/aromatic N) is 3. The van der Waals surface area contributed by atoms with Gasteiger partial charge in [0.25, 0.3) is 0 Å². The minimum atomic E-state index is 0.598. The molecule has 4 nitrogen and oxygen atoms in total. The van der Waals surface area contributed by atoms with Crippen LogP contribution < -0.4 is 4.74 Å². The lowest BCUT2D eigenvalue weighted by molar-refractivity contribution is 0.415. The molecule has 0 bridgehead atoms. The molecule has 33 heavy (non-hydrogen) atoms. The summed E-state index contributed by atoms with van der Waals surface area (Å²) in [5, 5.41) is 10.3. The molecule has 4 rings (SSSR count). The lowest BCUT2D eigenvalue weighted by atomic mass is 9.98. The summed E-state index contributed by atoms with van der Waals surface area (Å²) in [6, 6.07) is 30.6. The van der Waals surface area contributed by atoms with E-state index in [0.717, 1.165) is 53.1 Å². The maximum atomic E-state index is 10.3. The first kappa shape index (κ1) is 22.1. The number of benzene rings is 3. The van der Waals surface area contributed by atoms with Crippen molar-refractivity contribution in [3.05, 3.63) is 96.1 Å². The summed E-state index contributed by atoms with van der Waals surface area (Å²) in [5.74, 6) is 1.49. The largest absolute Gasteiger partial charge is 0.497 e. The van der Waals surface area contributed by atoms with Crippen LogP contribution in [0.15, 0.2) is 89.9 Å². The van der Waals surface area contributed by atoms with Gasteiger partial charge in [0.05, 0.1) is 12.8 Å². The van der Waals surface area contributed by atoms with Crippen LogP contribution in [-0.4, -0.2) is 17.9 Å². The summed E-state index contributed by atoms with van der Waals surface area (Å²) in [7, 11) is 1.65. The highest BCUT2D eigenvalue weighted by Gasteiger charge is 2.24. The van der Waals surface area contributed by atoms with Crippen molar-refractivity contribution in [2.45, 2.75) is 26.3 Å². The van der Waals surface area contributed by atoms with Crippen LogP contribution in [0.1, 0.15) is 30.9 Å². The first-order chi connectivity index (χ1) is 16.3. The maximum absolute atomic E-state index is 10.3. The molecule has 0 fully saturated rings. The lowest BCUT2D eigenvalue weighted by Crippen LogP contribution is -2.00. The molecule has 4 aromatic rings. The summed E-state index contributed by atoms with van der Waals surface area (Å²) in [4.78, 5) is 4.86. The van der Waals surface area contributed by atoms with Crippen LogP contribution in [-0.2, 0) is 6.54 Å². The Hall–Kier alpha value is -4.10. The molecule has 164 valence electrons. The summed E-state index contributed by atoms with van der Waals surface area (Å²) in [6.45, 7) is 2.97. The third-order valence-corrected chi connectivity index (χ3v) is 5.64. The van der Waals surface area contributed by atoms with Crippen LogP contribution in [0.2, 0.25) is 0 Å². The minimum absolute atomic E-state index is 0.598. The van der Waals surface area contributed by atoms with Gasteiger partial charge in [0, 0.05) is 18.3 Å². The number of unbranched alkanes of at least 4 members (excludes halogenated alkanes) is 1. The molecule has 0 saturated heterocycles. The van der Waals surface area contributed by atoms with Gasteiger partial charge in [-0.2, -0.15) is 5.26 Å². The second-order valence-electron chi connectivity index (χ2n) is 7.80. The van der Waals surface area contributed by atoms with Crippen molar-refractivity contribution in [3.63, 3.8) is 0 Å². The van der Waals surface area contributed by atoms with Gasteiger partial charge in [-0.1, -0.05) is 74.0 Å². The van der Waals surface area contributed by atoms with Gasteiger partial charge in [-0.3, -0.25) is 0 Å². The normalized spacial score (nSPS) is 10.9. The van der Waals surface area contributed by atoms with Crippen molar-refractivity contribution in [2.24, 2.45) is 4.99 Å². The number of ether oxygens (including phenoxy) is 1. The van der Waals surface area contributed by atoms with E-state index in [9.17, 15) is 5.26 Å². The quantitative estimate of drug-likeness (QED) is 0.275. The Balaban J connectivity index is 1.95. The zero-order valence-electron chi connectivity index (χ0n) is 19.0. The molecule has 1 aromatic heterocycles. The Kier molecular flexibility index (Phi) is 7.02. The van der Waals surface area contributed by atoms with Crippen molar-refractivity contribution < 1.29 is 4.74 Å². The molecule has 0 aliphatic heterocycles. The number of rotatable bonds is 8. The van der Waals surface area contributed by atoms with E-state index in [1.165, 1.54) is 0 Å². The van der Waals surface area contributed by atoms with E-state index in [-0.39, 0.29) is 0 Å². The Bertz CT molecular complexity index is 1260. The van der Waals surface area contributed by atoms with E-state index in [0.29, 0.717) is 11.4 Å². The Labute approximate surface area is 195 Å². The van der Waals surface area contributed by atoms with Gasteiger partial charge in [-0.15, -0.1) is 0 Å². The van der Waals surface area contributed by atoms with Crippen molar-refractivity contribution in [1.29, 1.82) is 5.26 Å². The average Bonchev–Trinajstić information content (AvgIpc) is 3.20. The fourth-order valence-corrected chi connectivity index (χ4v) is 3.99. The molecule has 0 amide bonds. The van der Waals surface area contributed by atoms with E-state index >= 15 is 0 Å². The Morgan fingerprint density at radius 2 is 1.55 bits per heavy atom. The van der Waals surface area contributed by atoms with Gasteiger partial charge in [0.2, 0.25) is 0 Å². The third-order valence-electron chi connectivity index (χ3n) is 5.64. The van der Waals surface area contributed by atoms with Crippen LogP contribution in [0.25, 0.3) is 22.4 Å².